The van der Waals surface area contributed by atoms with Crippen LogP contribution in [0.15, 0.2) is 54.6 Å². The molecule has 81 heavy (non-hydrogen) atoms. The van der Waals surface area contributed by atoms with Gasteiger partial charge in [0.2, 0.25) is 29.5 Å². The highest BCUT2D eigenvalue weighted by atomic mass is 16.6. The lowest BCUT2D eigenvalue weighted by Crippen LogP contribution is -2.62. The summed E-state index contributed by atoms with van der Waals surface area (Å²) in [6, 6.07) is 12.3. The Bertz CT molecular complexity index is 2360. The lowest BCUT2D eigenvalue weighted by Gasteiger charge is -2.42. The summed E-state index contributed by atoms with van der Waals surface area (Å²) in [4.78, 5) is 115. The van der Waals surface area contributed by atoms with E-state index in [1.165, 1.54) is 14.2 Å². The Balaban J connectivity index is 1.37. The fourth-order valence-electron chi connectivity index (χ4n) is 10.8. The number of nitrogens with two attached hydrogens (primary N) is 1. The lowest BCUT2D eigenvalue weighted by molar-refractivity contribution is -0.159. The van der Waals surface area contributed by atoms with E-state index >= 15 is 0 Å². The molecule has 0 aromatic heterocycles. The van der Waals surface area contributed by atoms with Gasteiger partial charge in [0.15, 0.2) is 0 Å². The maximum atomic E-state index is 14.8. The average Bonchev–Trinajstić information content (AvgIpc) is 3.92. The molecule has 2 aliphatic heterocycles. The second-order valence-electron chi connectivity index (χ2n) is 23.4. The number of methoxy groups -OCH3 is 2. The molecule has 0 aliphatic carbocycles. The van der Waals surface area contributed by atoms with Crippen LogP contribution in [0.4, 0.5) is 15.3 Å². The van der Waals surface area contributed by atoms with Crippen molar-refractivity contribution in [2.45, 2.75) is 175 Å². The topological polar surface area (TPSA) is 261 Å². The summed E-state index contributed by atoms with van der Waals surface area (Å²) >= 11 is 0. The fourth-order valence-corrected chi connectivity index (χ4v) is 10.8. The van der Waals surface area contributed by atoms with Gasteiger partial charge in [0.25, 0.3) is 0 Å². The van der Waals surface area contributed by atoms with Crippen LogP contribution < -0.4 is 27.0 Å². The molecule has 21 heteroatoms. The summed E-state index contributed by atoms with van der Waals surface area (Å²) in [5.41, 5.74) is 6.49. The van der Waals surface area contributed by atoms with Gasteiger partial charge in [-0.05, 0) is 87.5 Å². The highest BCUT2D eigenvalue weighted by Crippen LogP contribution is 2.30. The third-order valence-electron chi connectivity index (χ3n) is 15.4. The van der Waals surface area contributed by atoms with Crippen molar-refractivity contribution in [1.29, 1.82) is 0 Å². The molecule has 4 rings (SSSR count). The summed E-state index contributed by atoms with van der Waals surface area (Å²) in [6.45, 7) is 21.1. The minimum atomic E-state index is -0.959. The molecular formula is C60H95N9O12. The van der Waals surface area contributed by atoms with Crippen LogP contribution in [-0.4, -0.2) is 176 Å². The Morgan fingerprint density at radius 1 is 0.790 bits per heavy atom. The molecule has 2 fully saturated rings. The molecule has 0 radical (unpaired) electrons. The molecule has 0 saturated carbocycles. The van der Waals surface area contributed by atoms with E-state index in [1.807, 2.05) is 76.8 Å². The van der Waals surface area contributed by atoms with Crippen LogP contribution in [0.3, 0.4) is 0 Å². The maximum absolute atomic E-state index is 14.8. The van der Waals surface area contributed by atoms with Gasteiger partial charge in [-0.1, -0.05) is 97.4 Å². The van der Waals surface area contributed by atoms with Crippen molar-refractivity contribution in [3.05, 3.63) is 65.7 Å². The van der Waals surface area contributed by atoms with E-state index in [1.54, 1.807) is 73.7 Å². The van der Waals surface area contributed by atoms with E-state index in [0.717, 1.165) is 11.1 Å². The van der Waals surface area contributed by atoms with Crippen LogP contribution in [0.5, 0.6) is 0 Å². The highest BCUT2D eigenvalue weighted by molar-refractivity contribution is 5.91. The predicted octanol–water partition coefficient (Wildman–Crippen LogP) is 5.87. The van der Waals surface area contributed by atoms with Gasteiger partial charge in [-0.3, -0.25) is 28.9 Å². The first-order chi connectivity index (χ1) is 38.3. The number of rotatable bonds is 29. The van der Waals surface area contributed by atoms with E-state index in [2.05, 4.69) is 21.3 Å². The Morgan fingerprint density at radius 3 is 2.01 bits per heavy atom. The molecule has 0 bridgehead atoms. The molecule has 1 unspecified atom stereocenters. The van der Waals surface area contributed by atoms with Gasteiger partial charge in [0, 0.05) is 79.1 Å². The Hall–Kier alpha value is -6.32. The van der Waals surface area contributed by atoms with E-state index in [4.69, 9.17) is 24.7 Å². The number of carbonyl (C=O) groups excluding carboxylic acids is 8. The number of hydrogen-bond acceptors (Lipinski definition) is 13. The lowest BCUT2D eigenvalue weighted by atomic mass is 9.89. The number of likely N-dealkylation sites (tertiary alicyclic amines) is 1. The number of likely N-dealkylation sites (N-methyl/N-ethyl adjacent to an activating group) is 1. The smallest absolute Gasteiger partial charge is 0.410 e. The second-order valence-corrected chi connectivity index (χ2v) is 23.4. The summed E-state index contributed by atoms with van der Waals surface area (Å²) < 4.78 is 23.5. The SMILES string of the molecule is CC[C@H](C)[C@@H](C(CC(=O)N1CCC[C@H]1[C@H](OC)[C@@H](C)C(=O)N[C@@H](Cc1ccccc1)C(=O)OC(C)(C)C)OC)N(C)C(=O)[C@@H](NC(=O)[C@H](C(C)C)N1CCN(C(=O)OCc2ccc(NC(=O)CCCCNC(N)=O)cc2)CC1)C(C)C. The van der Waals surface area contributed by atoms with Gasteiger partial charge in [-0.15, -0.1) is 0 Å². The first-order valence-electron chi connectivity index (χ1n) is 28.9. The number of nitrogens with one attached hydrogen (secondary N) is 4. The highest BCUT2D eigenvalue weighted by Gasteiger charge is 2.44. The molecule has 2 aromatic carbocycles. The molecule has 452 valence electrons. The number of benzene rings is 2. The molecule has 21 nitrogen and oxygen atoms in total. The second kappa shape index (κ2) is 32.4. The standard InChI is InChI=1S/C60H95N9O12/c1-14-40(6)52(47(78-12)36-49(71)69-30-20-23-46(69)53(79-13)41(7)54(72)64-45(57(75)81-60(8,9)10)35-42-21-16-15-17-22-42)66(11)56(74)50(38(2)3)65-55(73)51(39(4)5)67-31-33-68(34-32-67)59(77)80-37-43-25-27-44(28-26-43)63-48(70)24-18-19-29-62-58(61)76/h15-17,21-22,25-28,38-41,45-47,50-53H,14,18-20,23-24,29-37H2,1-13H3,(H,63,70)(H,64,72)(H,65,73)(H3,61,62,76)/t40-,41+,45-,46-,47?,50-,51-,52-,53+/m0/s1. The van der Waals surface area contributed by atoms with E-state index in [-0.39, 0.29) is 67.3 Å². The maximum Gasteiger partial charge on any atom is 0.410 e. The third kappa shape index (κ3) is 20.6. The van der Waals surface area contributed by atoms with E-state index in [9.17, 15) is 38.4 Å². The van der Waals surface area contributed by atoms with Crippen LogP contribution in [-0.2, 0) is 60.7 Å². The van der Waals surface area contributed by atoms with Crippen LogP contribution in [0, 0.1) is 23.7 Å². The summed E-state index contributed by atoms with van der Waals surface area (Å²) in [5.74, 6) is -3.26. The van der Waals surface area contributed by atoms with Gasteiger partial charge in [0.05, 0.1) is 42.7 Å². The zero-order valence-electron chi connectivity index (χ0n) is 50.4. The van der Waals surface area contributed by atoms with Gasteiger partial charge < -0.3 is 60.6 Å². The molecule has 2 aliphatic rings. The molecule has 2 saturated heterocycles. The number of hydrogen-bond donors (Lipinski definition) is 5. The van der Waals surface area contributed by atoms with Crippen molar-refractivity contribution < 1.29 is 57.3 Å². The number of carbonyl (C=O) groups is 8. The van der Waals surface area contributed by atoms with Crippen molar-refractivity contribution in [2.24, 2.45) is 29.4 Å². The normalized spacial score (nSPS) is 17.9. The number of ether oxygens (including phenoxy) is 4. The van der Waals surface area contributed by atoms with Crippen LogP contribution in [0.2, 0.25) is 0 Å². The minimum Gasteiger partial charge on any atom is -0.458 e. The number of anilines is 1. The van der Waals surface area contributed by atoms with Gasteiger partial charge in [-0.2, -0.15) is 0 Å². The Morgan fingerprint density at radius 2 is 1.44 bits per heavy atom. The predicted molar refractivity (Wildman–Crippen MR) is 309 cm³/mol. The van der Waals surface area contributed by atoms with Gasteiger partial charge >= 0.3 is 18.1 Å². The van der Waals surface area contributed by atoms with Crippen LogP contribution in [0.25, 0.3) is 0 Å². The number of amides is 8. The quantitative estimate of drug-likeness (QED) is 0.0472. The first kappa shape index (κ1) is 67.2. The number of esters is 1. The van der Waals surface area contributed by atoms with Crippen LogP contribution >= 0.6 is 0 Å². The molecule has 6 N–H and O–H groups in total. The Labute approximate surface area is 480 Å². The molecule has 8 amide bonds. The first-order valence-corrected chi connectivity index (χ1v) is 28.9. The molecule has 9 atom stereocenters. The Kier molecular flexibility index (Phi) is 26.8. The number of nitrogens with zero attached hydrogens (tertiary/aromatic N) is 4. The molecular weight excluding hydrogens is 1040 g/mol. The van der Waals surface area contributed by atoms with Crippen molar-refractivity contribution in [2.75, 3.05) is 65.9 Å². The van der Waals surface area contributed by atoms with Crippen molar-refractivity contribution >= 4 is 53.3 Å². The molecule has 2 aromatic rings. The molecule has 2 heterocycles. The van der Waals surface area contributed by atoms with E-state index < -0.39 is 77.9 Å². The largest absolute Gasteiger partial charge is 0.458 e. The fraction of sp³-hybridized carbons (Fsp3) is 0.667. The van der Waals surface area contributed by atoms with Gasteiger partial charge in [0.1, 0.15) is 24.3 Å². The monoisotopic (exact) mass is 1130 g/mol. The number of urea groups is 1. The molecule has 0 spiro atoms. The number of primary amides is 1. The van der Waals surface area contributed by atoms with Crippen molar-refractivity contribution in [3.63, 3.8) is 0 Å². The van der Waals surface area contributed by atoms with Crippen molar-refractivity contribution in [3.8, 4) is 0 Å². The van der Waals surface area contributed by atoms with Gasteiger partial charge in [-0.25, -0.2) is 14.4 Å². The van der Waals surface area contributed by atoms with E-state index in [0.29, 0.717) is 77.1 Å². The number of unbranched alkanes of at least 4 members (excludes halogenated alkanes) is 1. The zero-order chi connectivity index (χ0) is 60.1. The number of piperazine rings is 1. The zero-order valence-corrected chi connectivity index (χ0v) is 50.4. The van der Waals surface area contributed by atoms with Crippen molar-refractivity contribution in [1.82, 2.24) is 35.6 Å². The summed E-state index contributed by atoms with van der Waals surface area (Å²) in [6.07, 6.45) is 1.70. The average molecular weight is 1130 g/mol. The van der Waals surface area contributed by atoms with Crippen LogP contribution in [0.1, 0.15) is 125 Å². The summed E-state index contributed by atoms with van der Waals surface area (Å²) in [5, 5.41) is 11.4. The minimum absolute atomic E-state index is 0.0294. The summed E-state index contributed by atoms with van der Waals surface area (Å²) in [7, 11) is 4.76. The third-order valence-corrected chi connectivity index (χ3v) is 15.4.